The van der Waals surface area contributed by atoms with E-state index in [1.807, 2.05) is 13.8 Å². The molecule has 4 nitrogen and oxygen atoms in total. The summed E-state index contributed by atoms with van der Waals surface area (Å²) in [7, 11) is -1.81. The third-order valence-corrected chi connectivity index (χ3v) is 5.90. The Morgan fingerprint density at radius 1 is 1.32 bits per heavy atom. The van der Waals surface area contributed by atoms with Crippen LogP contribution in [-0.2, 0) is 14.8 Å². The van der Waals surface area contributed by atoms with Crippen LogP contribution in [0.5, 0.6) is 0 Å². The van der Waals surface area contributed by atoms with E-state index >= 15 is 0 Å². The lowest BCUT2D eigenvalue weighted by Crippen LogP contribution is -2.61. The van der Waals surface area contributed by atoms with Crippen LogP contribution in [0.3, 0.4) is 0 Å². The summed E-state index contributed by atoms with van der Waals surface area (Å²) in [5.41, 5.74) is -0.183. The number of ether oxygens (including phenoxy) is 1. The Morgan fingerprint density at radius 3 is 2.37 bits per heavy atom. The van der Waals surface area contributed by atoms with Crippen LogP contribution in [0.4, 0.5) is 0 Å². The summed E-state index contributed by atoms with van der Waals surface area (Å²) < 4.78 is 33.5. The molecule has 1 aliphatic rings. The molecule has 1 aliphatic carbocycles. The molecule has 1 aromatic carbocycles. The van der Waals surface area contributed by atoms with Crippen LogP contribution < -0.4 is 4.72 Å². The number of rotatable bonds is 4. The van der Waals surface area contributed by atoms with Crippen LogP contribution in [0, 0.1) is 5.41 Å². The van der Waals surface area contributed by atoms with Gasteiger partial charge >= 0.3 is 0 Å². The topological polar surface area (TPSA) is 55.4 Å². The van der Waals surface area contributed by atoms with Crippen molar-refractivity contribution in [1.82, 2.24) is 4.72 Å². The molecular weight excluding hydrogens is 330 g/mol. The lowest BCUT2D eigenvalue weighted by molar-refractivity contribution is -0.0908. The molecule has 0 amide bonds. The fourth-order valence-corrected chi connectivity index (χ4v) is 4.02. The predicted octanol–water partition coefficient (Wildman–Crippen LogP) is 2.54. The Bertz CT molecular complexity index is 554. The van der Waals surface area contributed by atoms with Gasteiger partial charge in [-0.1, -0.05) is 29.8 Å². The molecule has 0 spiro atoms. The number of halogens is 1. The largest absolute Gasteiger partial charge is 0.381 e. The second-order valence-electron chi connectivity index (χ2n) is 5.41. The molecule has 0 aliphatic heterocycles. The first-order chi connectivity index (χ1) is 8.77. The number of hydrogen-bond donors (Lipinski definition) is 1. The summed E-state index contributed by atoms with van der Waals surface area (Å²) in [6, 6.07) is 6.53. The third-order valence-electron chi connectivity index (χ3n) is 3.88. The number of hydrogen-bond acceptors (Lipinski definition) is 3. The smallest absolute Gasteiger partial charge is 0.240 e. The zero-order valence-electron chi connectivity index (χ0n) is 11.2. The highest BCUT2D eigenvalue weighted by molar-refractivity contribution is 9.10. The molecule has 0 aromatic heterocycles. The van der Waals surface area contributed by atoms with Gasteiger partial charge in [0, 0.05) is 23.0 Å². The number of nitrogens with one attached hydrogen (secondary N) is 1. The Balaban J connectivity index is 2.13. The minimum Gasteiger partial charge on any atom is -0.381 e. The highest BCUT2D eigenvalue weighted by atomic mass is 79.9. The summed E-state index contributed by atoms with van der Waals surface area (Å²) in [6.07, 6.45) is 0.810. The van der Waals surface area contributed by atoms with Crippen LogP contribution in [0.1, 0.15) is 20.3 Å². The molecular formula is C13H18BrNO3S. The minimum absolute atomic E-state index is 0.0916. The molecule has 0 radical (unpaired) electrons. The SMILES string of the molecule is COC1CC(NS(=O)(=O)c2ccc(Br)cc2)C1(C)C. The molecule has 0 saturated heterocycles. The number of benzene rings is 1. The van der Waals surface area contributed by atoms with Gasteiger partial charge in [-0.2, -0.15) is 0 Å². The van der Waals surface area contributed by atoms with E-state index in [1.165, 1.54) is 0 Å². The molecule has 1 saturated carbocycles. The molecule has 0 heterocycles. The molecule has 2 unspecified atom stereocenters. The normalized spacial score (nSPS) is 25.9. The lowest BCUT2D eigenvalue weighted by Gasteiger charge is -2.50. The molecule has 19 heavy (non-hydrogen) atoms. The fraction of sp³-hybridized carbons (Fsp3) is 0.538. The Hall–Kier alpha value is -0.430. The standard InChI is InChI=1S/C13H18BrNO3S/c1-13(2)11(8-12(13)18-3)15-19(16,17)10-6-4-9(14)5-7-10/h4-7,11-12,15H,8H2,1-3H3. The van der Waals surface area contributed by atoms with Crippen molar-refractivity contribution in [2.75, 3.05) is 7.11 Å². The van der Waals surface area contributed by atoms with Crippen molar-refractivity contribution < 1.29 is 13.2 Å². The van der Waals surface area contributed by atoms with Crippen LogP contribution in [-0.4, -0.2) is 27.7 Å². The van der Waals surface area contributed by atoms with Gasteiger partial charge in [-0.15, -0.1) is 0 Å². The van der Waals surface area contributed by atoms with E-state index in [0.29, 0.717) is 6.42 Å². The maximum atomic E-state index is 12.3. The highest BCUT2D eigenvalue weighted by Crippen LogP contribution is 2.43. The number of methoxy groups -OCH3 is 1. The molecule has 2 rings (SSSR count). The quantitative estimate of drug-likeness (QED) is 0.910. The Labute approximate surface area is 122 Å². The predicted molar refractivity (Wildman–Crippen MR) is 77.4 cm³/mol. The van der Waals surface area contributed by atoms with Crippen molar-refractivity contribution in [2.45, 2.75) is 37.3 Å². The van der Waals surface area contributed by atoms with Gasteiger partial charge in [-0.05, 0) is 30.7 Å². The molecule has 0 bridgehead atoms. The molecule has 106 valence electrons. The molecule has 1 fully saturated rings. The van der Waals surface area contributed by atoms with Crippen molar-refractivity contribution in [3.05, 3.63) is 28.7 Å². The first kappa shape index (κ1) is 15.0. The van der Waals surface area contributed by atoms with Gasteiger partial charge in [-0.25, -0.2) is 13.1 Å². The van der Waals surface area contributed by atoms with Gasteiger partial charge in [0.15, 0.2) is 0 Å². The zero-order valence-corrected chi connectivity index (χ0v) is 13.6. The van der Waals surface area contributed by atoms with Crippen LogP contribution in [0.25, 0.3) is 0 Å². The van der Waals surface area contributed by atoms with Gasteiger partial charge in [0.25, 0.3) is 0 Å². The van der Waals surface area contributed by atoms with Crippen molar-refractivity contribution >= 4 is 26.0 Å². The third kappa shape index (κ3) is 2.86. The van der Waals surface area contributed by atoms with Crippen LogP contribution in [0.15, 0.2) is 33.6 Å². The van der Waals surface area contributed by atoms with Gasteiger partial charge in [0.1, 0.15) is 0 Å². The lowest BCUT2D eigenvalue weighted by atomic mass is 9.65. The Kier molecular flexibility index (Phi) is 4.07. The van der Waals surface area contributed by atoms with E-state index in [4.69, 9.17) is 4.74 Å². The van der Waals surface area contributed by atoms with Crippen molar-refractivity contribution in [3.63, 3.8) is 0 Å². The van der Waals surface area contributed by atoms with E-state index in [0.717, 1.165) is 4.47 Å². The maximum absolute atomic E-state index is 12.3. The highest BCUT2D eigenvalue weighted by Gasteiger charge is 2.50. The van der Waals surface area contributed by atoms with Gasteiger partial charge in [0.05, 0.1) is 11.0 Å². The van der Waals surface area contributed by atoms with Crippen molar-refractivity contribution in [1.29, 1.82) is 0 Å². The summed E-state index contributed by atoms with van der Waals surface area (Å²) in [6.45, 7) is 4.03. The van der Waals surface area contributed by atoms with Crippen molar-refractivity contribution in [2.24, 2.45) is 5.41 Å². The van der Waals surface area contributed by atoms with Crippen LogP contribution >= 0.6 is 15.9 Å². The van der Waals surface area contributed by atoms with E-state index in [1.54, 1.807) is 31.4 Å². The second-order valence-corrected chi connectivity index (χ2v) is 8.04. The zero-order chi connectivity index (χ0) is 14.3. The average molecular weight is 348 g/mol. The molecule has 2 atom stereocenters. The average Bonchev–Trinajstić information content (AvgIpc) is 2.34. The minimum atomic E-state index is -3.47. The van der Waals surface area contributed by atoms with Gasteiger partial charge in [0.2, 0.25) is 10.0 Å². The summed E-state index contributed by atoms with van der Waals surface area (Å²) in [5.74, 6) is 0. The molecule has 6 heteroatoms. The molecule has 1 N–H and O–H groups in total. The van der Waals surface area contributed by atoms with E-state index in [-0.39, 0.29) is 22.5 Å². The van der Waals surface area contributed by atoms with E-state index < -0.39 is 10.0 Å². The fourth-order valence-electron chi connectivity index (χ4n) is 2.35. The summed E-state index contributed by atoms with van der Waals surface area (Å²) >= 11 is 3.29. The summed E-state index contributed by atoms with van der Waals surface area (Å²) in [5, 5.41) is 0. The summed E-state index contributed by atoms with van der Waals surface area (Å²) in [4.78, 5) is 0.285. The second kappa shape index (κ2) is 5.16. The van der Waals surface area contributed by atoms with Gasteiger partial charge in [-0.3, -0.25) is 0 Å². The molecule has 1 aromatic rings. The monoisotopic (exact) mass is 347 g/mol. The van der Waals surface area contributed by atoms with Crippen molar-refractivity contribution in [3.8, 4) is 0 Å². The van der Waals surface area contributed by atoms with Gasteiger partial charge < -0.3 is 4.74 Å². The first-order valence-electron chi connectivity index (χ1n) is 6.08. The first-order valence-corrected chi connectivity index (χ1v) is 8.35. The van der Waals surface area contributed by atoms with E-state index in [2.05, 4.69) is 20.7 Å². The number of sulfonamides is 1. The maximum Gasteiger partial charge on any atom is 0.240 e. The Morgan fingerprint density at radius 2 is 1.89 bits per heavy atom. The van der Waals surface area contributed by atoms with Crippen LogP contribution in [0.2, 0.25) is 0 Å². The van der Waals surface area contributed by atoms with E-state index in [9.17, 15) is 8.42 Å².